The molecule has 2 heterocycles. The highest BCUT2D eigenvalue weighted by Crippen LogP contribution is 2.39. The van der Waals surface area contributed by atoms with Crippen molar-refractivity contribution in [3.05, 3.63) is 52.8 Å². The molecule has 39 heavy (non-hydrogen) atoms. The van der Waals surface area contributed by atoms with Crippen LogP contribution in [0, 0.1) is 28.5 Å². The van der Waals surface area contributed by atoms with E-state index in [1.54, 1.807) is 39.0 Å². The Morgan fingerprint density at radius 2 is 2.00 bits per heavy atom. The number of nitrogens with zero attached hydrogens (tertiary/aromatic N) is 3. The summed E-state index contributed by atoms with van der Waals surface area (Å²) < 4.78 is 32.2. The van der Waals surface area contributed by atoms with Crippen molar-refractivity contribution in [3.63, 3.8) is 0 Å². The van der Waals surface area contributed by atoms with Gasteiger partial charge in [0.05, 0.1) is 34.5 Å². The molecule has 0 bridgehead atoms. The van der Waals surface area contributed by atoms with Gasteiger partial charge in [-0.3, -0.25) is 4.79 Å². The van der Waals surface area contributed by atoms with Gasteiger partial charge in [-0.05, 0) is 68.1 Å². The van der Waals surface area contributed by atoms with E-state index in [1.807, 2.05) is 6.07 Å². The number of carbonyl (C=O) groups excluding carboxylic acids is 2. The Morgan fingerprint density at radius 3 is 2.69 bits per heavy atom. The van der Waals surface area contributed by atoms with Crippen LogP contribution in [0.5, 0.6) is 5.75 Å². The first-order valence-corrected chi connectivity index (χ1v) is 13.0. The van der Waals surface area contributed by atoms with Crippen LogP contribution in [-0.2, 0) is 27.3 Å². The van der Waals surface area contributed by atoms with E-state index in [2.05, 4.69) is 21.6 Å². The highest BCUT2D eigenvalue weighted by atomic mass is 28.1. The summed E-state index contributed by atoms with van der Waals surface area (Å²) in [7, 11) is 3.34. The van der Waals surface area contributed by atoms with Crippen LogP contribution in [0.3, 0.4) is 0 Å². The predicted molar refractivity (Wildman–Crippen MR) is 139 cm³/mol. The summed E-state index contributed by atoms with van der Waals surface area (Å²) in [5, 5.41) is 20.0. The predicted octanol–water partition coefficient (Wildman–Crippen LogP) is 3.33. The SMILES string of the molecule is CC(C)(C)OC(=O)N1CCCO[C@H](C(=O)N[C@@]([Si])(C#N)Cc2cc3c(cc2F)-c2ccc(C#N)cc2CO3)C1. The zero-order valence-electron chi connectivity index (χ0n) is 22.0. The minimum atomic E-state index is -1.66. The van der Waals surface area contributed by atoms with Gasteiger partial charge >= 0.3 is 6.09 Å². The van der Waals surface area contributed by atoms with Crippen molar-refractivity contribution in [2.75, 3.05) is 19.7 Å². The average molecular weight is 548 g/mol. The van der Waals surface area contributed by atoms with E-state index in [1.165, 1.54) is 17.0 Å². The number of nitrogens with one attached hydrogen (secondary N) is 1. The van der Waals surface area contributed by atoms with Gasteiger partial charge in [0.1, 0.15) is 28.9 Å². The Kier molecular flexibility index (Phi) is 7.96. The molecule has 4 rings (SSSR count). The minimum Gasteiger partial charge on any atom is -0.488 e. The number of hydrogen-bond acceptors (Lipinski definition) is 7. The van der Waals surface area contributed by atoms with Crippen molar-refractivity contribution in [3.8, 4) is 29.0 Å². The molecule has 1 fully saturated rings. The normalized spacial score (nSPS) is 18.1. The summed E-state index contributed by atoms with van der Waals surface area (Å²) in [4.78, 5) is 27.1. The van der Waals surface area contributed by atoms with Gasteiger partial charge in [-0.15, -0.1) is 0 Å². The summed E-state index contributed by atoms with van der Waals surface area (Å²) in [6.45, 7) is 6.02. The molecule has 0 aliphatic carbocycles. The van der Waals surface area contributed by atoms with Gasteiger partial charge in [-0.25, -0.2) is 9.18 Å². The van der Waals surface area contributed by atoms with Crippen molar-refractivity contribution in [2.45, 2.75) is 57.1 Å². The average Bonchev–Trinajstić information content (AvgIpc) is 3.15. The number of halogens is 1. The maximum Gasteiger partial charge on any atom is 0.410 e. The Bertz CT molecular complexity index is 1380. The van der Waals surface area contributed by atoms with Crippen LogP contribution in [0.4, 0.5) is 9.18 Å². The summed E-state index contributed by atoms with van der Waals surface area (Å²) in [6.07, 6.45) is -1.30. The molecule has 2 aliphatic heterocycles. The number of benzene rings is 2. The van der Waals surface area contributed by atoms with Gasteiger partial charge in [0, 0.05) is 25.1 Å². The molecule has 0 aromatic heterocycles. The van der Waals surface area contributed by atoms with Crippen LogP contribution >= 0.6 is 0 Å². The first-order valence-electron chi connectivity index (χ1n) is 12.5. The molecule has 2 aliphatic rings. The Labute approximate surface area is 229 Å². The minimum absolute atomic E-state index is 0.0531. The summed E-state index contributed by atoms with van der Waals surface area (Å²) in [6, 6.07) is 12.0. The third-order valence-corrected chi connectivity index (χ3v) is 6.67. The molecular weight excluding hydrogens is 519 g/mol. The number of ether oxygens (including phenoxy) is 3. The van der Waals surface area contributed by atoms with Crippen LogP contribution in [0.25, 0.3) is 11.1 Å². The maximum atomic E-state index is 15.3. The second kappa shape index (κ2) is 11.0. The number of hydrogen-bond donors (Lipinski definition) is 1. The van der Waals surface area contributed by atoms with Crippen molar-refractivity contribution in [1.29, 1.82) is 10.5 Å². The van der Waals surface area contributed by atoms with Crippen LogP contribution in [0.15, 0.2) is 30.3 Å². The lowest BCUT2D eigenvalue weighted by atomic mass is 9.93. The fourth-order valence-corrected chi connectivity index (χ4v) is 4.74. The van der Waals surface area contributed by atoms with E-state index in [9.17, 15) is 14.9 Å². The van der Waals surface area contributed by atoms with Gasteiger partial charge in [0.15, 0.2) is 6.10 Å². The molecule has 0 spiro atoms. The topological polar surface area (TPSA) is 125 Å². The smallest absolute Gasteiger partial charge is 0.410 e. The van der Waals surface area contributed by atoms with E-state index < -0.39 is 34.7 Å². The van der Waals surface area contributed by atoms with Gasteiger partial charge < -0.3 is 24.4 Å². The molecule has 1 N–H and O–H groups in total. The van der Waals surface area contributed by atoms with Crippen LogP contribution in [-0.4, -0.2) is 63.7 Å². The first kappa shape index (κ1) is 28.1. The zero-order chi connectivity index (χ0) is 28.4. The van der Waals surface area contributed by atoms with Crippen LogP contribution < -0.4 is 10.1 Å². The molecule has 3 radical (unpaired) electrons. The van der Waals surface area contributed by atoms with Crippen LogP contribution in [0.2, 0.25) is 0 Å². The molecule has 11 heteroatoms. The highest BCUT2D eigenvalue weighted by molar-refractivity contribution is 6.19. The largest absolute Gasteiger partial charge is 0.488 e. The number of amides is 2. The first-order chi connectivity index (χ1) is 18.4. The van der Waals surface area contributed by atoms with E-state index in [4.69, 9.17) is 19.5 Å². The number of carbonyl (C=O) groups is 2. The summed E-state index contributed by atoms with van der Waals surface area (Å²) >= 11 is 0. The second-order valence-electron chi connectivity index (χ2n) is 10.5. The number of nitriles is 2. The second-order valence-corrected chi connectivity index (χ2v) is 11.4. The van der Waals surface area contributed by atoms with Crippen molar-refractivity contribution < 1.29 is 28.2 Å². The third kappa shape index (κ3) is 6.56. The molecule has 2 aromatic rings. The van der Waals surface area contributed by atoms with Crippen molar-refractivity contribution in [2.24, 2.45) is 0 Å². The molecule has 2 amide bonds. The third-order valence-electron chi connectivity index (χ3n) is 6.26. The molecule has 0 saturated carbocycles. The molecule has 2 atom stereocenters. The highest BCUT2D eigenvalue weighted by Gasteiger charge is 2.35. The standard InChI is InChI=1S/C28H28FN4O5Si/c1-27(2,3)38-26(35)33-7-4-8-36-24(14-33)25(34)32-28(39,16-31)12-18-10-23-21(11-22(18)29)20-6-5-17(13-30)9-19(20)15-37-23/h5-6,9-11,24H,4,7-8,12,14-15H2,1-3H3,(H,32,34)/t24-,28-/m0/s1. The van der Waals surface area contributed by atoms with E-state index in [-0.39, 0.29) is 31.7 Å². The van der Waals surface area contributed by atoms with Gasteiger partial charge in [0.25, 0.3) is 5.91 Å². The van der Waals surface area contributed by atoms with Crippen LogP contribution in [0.1, 0.15) is 43.9 Å². The lowest BCUT2D eigenvalue weighted by molar-refractivity contribution is -0.133. The van der Waals surface area contributed by atoms with Gasteiger partial charge in [-0.2, -0.15) is 10.5 Å². The Morgan fingerprint density at radius 1 is 1.23 bits per heavy atom. The van der Waals surface area contributed by atoms with Gasteiger partial charge in [-0.1, -0.05) is 6.07 Å². The maximum absolute atomic E-state index is 15.3. The monoisotopic (exact) mass is 547 g/mol. The number of rotatable bonds is 4. The zero-order valence-corrected chi connectivity index (χ0v) is 23.0. The van der Waals surface area contributed by atoms with E-state index >= 15 is 4.39 Å². The number of fused-ring (bicyclic) bond motifs is 3. The molecule has 1 saturated heterocycles. The van der Waals surface area contributed by atoms with Crippen molar-refractivity contribution in [1.82, 2.24) is 10.2 Å². The Balaban J connectivity index is 1.50. The summed E-state index contributed by atoms with van der Waals surface area (Å²) in [5.41, 5.74) is 2.02. The lowest BCUT2D eigenvalue weighted by Crippen LogP contribution is -2.55. The van der Waals surface area contributed by atoms with E-state index in [0.29, 0.717) is 29.8 Å². The van der Waals surface area contributed by atoms with Crippen molar-refractivity contribution >= 4 is 22.2 Å². The Hall–Kier alpha value is -3.93. The fraction of sp³-hybridized carbons (Fsp3) is 0.429. The molecule has 2 aromatic carbocycles. The molecular formula is C28H28FN4O5Si. The molecule has 0 unspecified atom stereocenters. The molecule has 9 nitrogen and oxygen atoms in total. The quantitative estimate of drug-likeness (QED) is 0.582. The lowest BCUT2D eigenvalue weighted by Gasteiger charge is -2.30. The molecule has 201 valence electrons. The van der Waals surface area contributed by atoms with Gasteiger partial charge in [0.2, 0.25) is 0 Å². The summed E-state index contributed by atoms with van der Waals surface area (Å²) in [5.74, 6) is -0.774. The van der Waals surface area contributed by atoms with E-state index in [0.717, 1.165) is 11.1 Å². The fourth-order valence-electron chi connectivity index (χ4n) is 4.43.